The molecule has 1 aliphatic heterocycles. The van der Waals surface area contributed by atoms with E-state index in [4.69, 9.17) is 11.6 Å². The maximum absolute atomic E-state index is 9.65. The average molecular weight is 251 g/mol. The van der Waals surface area contributed by atoms with Crippen LogP contribution in [0.15, 0.2) is 29.3 Å². The van der Waals surface area contributed by atoms with Crippen LogP contribution >= 0.6 is 11.6 Å². The zero-order valence-electron chi connectivity index (χ0n) is 9.44. The molecule has 1 heterocycles. The van der Waals surface area contributed by atoms with Gasteiger partial charge in [-0.15, -0.1) is 0 Å². The Balaban J connectivity index is 1.85. The Bertz CT molecular complexity index is 460. The number of hydrogen-bond acceptors (Lipinski definition) is 3. The van der Waals surface area contributed by atoms with E-state index in [9.17, 15) is 5.11 Å². The molecule has 0 amide bonds. The van der Waals surface area contributed by atoms with Gasteiger partial charge in [0, 0.05) is 5.56 Å². The molecule has 0 spiro atoms. The van der Waals surface area contributed by atoms with Crippen molar-refractivity contribution in [2.45, 2.75) is 37.5 Å². The van der Waals surface area contributed by atoms with E-state index in [-0.39, 0.29) is 12.1 Å². The van der Waals surface area contributed by atoms with Gasteiger partial charge in [-0.1, -0.05) is 23.7 Å². The summed E-state index contributed by atoms with van der Waals surface area (Å²) in [6.07, 6.45) is 2.39. The van der Waals surface area contributed by atoms with Crippen molar-refractivity contribution >= 4 is 17.4 Å². The second kappa shape index (κ2) is 4.31. The number of rotatable bonds is 1. The van der Waals surface area contributed by atoms with E-state index in [0.29, 0.717) is 6.04 Å². The summed E-state index contributed by atoms with van der Waals surface area (Å²) in [7, 11) is 0. The number of nitrogens with one attached hydrogen (secondary N) is 1. The smallest absolute Gasteiger partial charge is 0.130 e. The number of fused-ring (bicyclic) bond motifs is 1. The lowest BCUT2D eigenvalue weighted by Crippen LogP contribution is -2.41. The molecule has 2 N–H and O–H groups in total. The second-order valence-electron chi connectivity index (χ2n) is 4.74. The summed E-state index contributed by atoms with van der Waals surface area (Å²) < 4.78 is 0. The third kappa shape index (κ3) is 2.05. The Labute approximate surface area is 106 Å². The van der Waals surface area contributed by atoms with Gasteiger partial charge in [-0.2, -0.15) is 0 Å². The molecule has 3 unspecified atom stereocenters. The molecule has 1 aromatic rings. The number of nitrogens with zero attached hydrogens (tertiary/aromatic N) is 1. The zero-order chi connectivity index (χ0) is 11.8. The quantitative estimate of drug-likeness (QED) is 0.801. The predicted molar refractivity (Wildman–Crippen MR) is 68.6 cm³/mol. The number of aliphatic hydroxyl groups is 1. The molecule has 1 aliphatic carbocycles. The predicted octanol–water partition coefficient (Wildman–Crippen LogP) is 1.97. The first-order chi connectivity index (χ1) is 8.24. The van der Waals surface area contributed by atoms with E-state index in [1.54, 1.807) is 0 Å². The summed E-state index contributed by atoms with van der Waals surface area (Å²) in [4.78, 5) is 4.69. The first kappa shape index (κ1) is 11.1. The van der Waals surface area contributed by atoms with E-state index in [1.807, 2.05) is 24.3 Å². The highest BCUT2D eigenvalue weighted by atomic mass is 35.5. The third-order valence-electron chi connectivity index (χ3n) is 3.53. The van der Waals surface area contributed by atoms with Gasteiger partial charge in [0.25, 0.3) is 0 Å². The molecule has 1 aromatic carbocycles. The number of amidine groups is 1. The van der Waals surface area contributed by atoms with Crippen molar-refractivity contribution in [2.75, 3.05) is 0 Å². The van der Waals surface area contributed by atoms with Gasteiger partial charge < -0.3 is 10.4 Å². The molecule has 90 valence electrons. The van der Waals surface area contributed by atoms with Gasteiger partial charge in [-0.25, -0.2) is 0 Å². The minimum absolute atomic E-state index is 0.190. The van der Waals surface area contributed by atoms with Gasteiger partial charge in [-0.05, 0) is 31.4 Å². The number of aliphatic hydroxyl groups excluding tert-OH is 1. The molecule has 3 atom stereocenters. The van der Waals surface area contributed by atoms with E-state index >= 15 is 0 Å². The fourth-order valence-corrected chi connectivity index (χ4v) is 2.85. The SMILES string of the molecule is OC1CCC2N=C(c3ccccc3Cl)NC2C1. The van der Waals surface area contributed by atoms with E-state index in [0.717, 1.165) is 35.7 Å². The molecule has 0 aromatic heterocycles. The van der Waals surface area contributed by atoms with Gasteiger partial charge in [-0.3, -0.25) is 4.99 Å². The van der Waals surface area contributed by atoms with Crippen LogP contribution in [0.3, 0.4) is 0 Å². The van der Waals surface area contributed by atoms with Gasteiger partial charge >= 0.3 is 0 Å². The van der Waals surface area contributed by atoms with Crippen LogP contribution in [0.4, 0.5) is 0 Å². The topological polar surface area (TPSA) is 44.6 Å². The van der Waals surface area contributed by atoms with Crippen LogP contribution in [-0.4, -0.2) is 29.1 Å². The fraction of sp³-hybridized carbons (Fsp3) is 0.462. The summed E-state index contributed by atoms with van der Waals surface area (Å²) in [5.41, 5.74) is 0.957. The van der Waals surface area contributed by atoms with Gasteiger partial charge in [0.05, 0.1) is 23.2 Å². The van der Waals surface area contributed by atoms with Crippen molar-refractivity contribution in [3.63, 3.8) is 0 Å². The second-order valence-corrected chi connectivity index (χ2v) is 5.15. The van der Waals surface area contributed by atoms with Crippen LogP contribution in [0.5, 0.6) is 0 Å². The van der Waals surface area contributed by atoms with Crippen LogP contribution in [0.25, 0.3) is 0 Å². The van der Waals surface area contributed by atoms with E-state index < -0.39 is 0 Å². The largest absolute Gasteiger partial charge is 0.393 e. The molecular weight excluding hydrogens is 236 g/mol. The highest BCUT2D eigenvalue weighted by molar-refractivity contribution is 6.34. The van der Waals surface area contributed by atoms with E-state index in [2.05, 4.69) is 10.3 Å². The maximum Gasteiger partial charge on any atom is 0.130 e. The number of halogens is 1. The lowest BCUT2D eigenvalue weighted by atomic mass is 9.90. The van der Waals surface area contributed by atoms with Crippen molar-refractivity contribution in [3.8, 4) is 0 Å². The standard InChI is InChI=1S/C13H15ClN2O/c14-10-4-2-1-3-9(10)13-15-11-6-5-8(17)7-12(11)16-13/h1-4,8,11-12,17H,5-7H2,(H,15,16). The third-order valence-corrected chi connectivity index (χ3v) is 3.86. The molecule has 0 radical (unpaired) electrons. The molecule has 3 nitrogen and oxygen atoms in total. The molecule has 0 bridgehead atoms. The first-order valence-electron chi connectivity index (χ1n) is 6.01. The van der Waals surface area contributed by atoms with Crippen molar-refractivity contribution in [2.24, 2.45) is 4.99 Å². The molecule has 3 rings (SSSR count). The molecule has 4 heteroatoms. The summed E-state index contributed by atoms with van der Waals surface area (Å²) in [6.45, 7) is 0. The highest BCUT2D eigenvalue weighted by Gasteiger charge is 2.34. The molecule has 0 saturated heterocycles. The Morgan fingerprint density at radius 2 is 2.12 bits per heavy atom. The molecule has 17 heavy (non-hydrogen) atoms. The van der Waals surface area contributed by atoms with Crippen LogP contribution in [0.2, 0.25) is 5.02 Å². The highest BCUT2D eigenvalue weighted by Crippen LogP contribution is 2.28. The van der Waals surface area contributed by atoms with Gasteiger partial charge in [0.1, 0.15) is 5.84 Å². The number of benzene rings is 1. The van der Waals surface area contributed by atoms with Gasteiger partial charge in [0.2, 0.25) is 0 Å². The summed E-state index contributed by atoms with van der Waals surface area (Å²) in [6, 6.07) is 8.29. The molecule has 2 aliphatic rings. The maximum atomic E-state index is 9.65. The van der Waals surface area contributed by atoms with Crippen LogP contribution in [0, 0.1) is 0 Å². The molecule has 1 fully saturated rings. The monoisotopic (exact) mass is 250 g/mol. The minimum atomic E-state index is -0.190. The van der Waals surface area contributed by atoms with Crippen LogP contribution in [-0.2, 0) is 0 Å². The van der Waals surface area contributed by atoms with Crippen molar-refractivity contribution in [3.05, 3.63) is 34.9 Å². The molecule has 1 saturated carbocycles. The van der Waals surface area contributed by atoms with Crippen molar-refractivity contribution in [1.82, 2.24) is 5.32 Å². The number of hydrogen-bond donors (Lipinski definition) is 2. The Morgan fingerprint density at radius 1 is 1.29 bits per heavy atom. The number of aliphatic imine (C=N–C) groups is 1. The Kier molecular flexibility index (Phi) is 2.81. The van der Waals surface area contributed by atoms with Gasteiger partial charge in [0.15, 0.2) is 0 Å². The minimum Gasteiger partial charge on any atom is -0.393 e. The van der Waals surface area contributed by atoms with Crippen LogP contribution in [0.1, 0.15) is 24.8 Å². The summed E-state index contributed by atoms with van der Waals surface area (Å²) in [5, 5.41) is 13.8. The fourth-order valence-electron chi connectivity index (χ4n) is 2.62. The lowest BCUT2D eigenvalue weighted by molar-refractivity contribution is 0.112. The summed E-state index contributed by atoms with van der Waals surface area (Å²) >= 11 is 6.16. The zero-order valence-corrected chi connectivity index (χ0v) is 10.2. The van der Waals surface area contributed by atoms with Crippen molar-refractivity contribution in [1.29, 1.82) is 0 Å². The van der Waals surface area contributed by atoms with E-state index in [1.165, 1.54) is 0 Å². The first-order valence-corrected chi connectivity index (χ1v) is 6.39. The Hall–Kier alpha value is -1.06. The summed E-state index contributed by atoms with van der Waals surface area (Å²) in [5.74, 6) is 0.875. The average Bonchev–Trinajstić information content (AvgIpc) is 2.72. The lowest BCUT2D eigenvalue weighted by Gasteiger charge is -2.27. The van der Waals surface area contributed by atoms with Crippen molar-refractivity contribution < 1.29 is 5.11 Å². The van der Waals surface area contributed by atoms with Crippen LogP contribution < -0.4 is 5.32 Å². The normalized spacial score (nSPS) is 31.6. The molecular formula is C13H15ClN2O. The Morgan fingerprint density at radius 3 is 2.94 bits per heavy atom.